The average molecular weight is 474 g/mol. The predicted molar refractivity (Wildman–Crippen MR) is 132 cm³/mol. The monoisotopic (exact) mass is 473 g/mol. The lowest BCUT2D eigenvalue weighted by Crippen LogP contribution is -2.22. The number of rotatable bonds is 7. The molecule has 1 saturated carbocycles. The largest absolute Gasteiger partial charge is 0.497 e. The van der Waals surface area contributed by atoms with E-state index in [2.05, 4.69) is 14.9 Å². The van der Waals surface area contributed by atoms with Gasteiger partial charge in [-0.15, -0.1) is 0 Å². The van der Waals surface area contributed by atoms with E-state index in [1.54, 1.807) is 25.3 Å². The molecule has 0 radical (unpaired) electrons. The number of hydrogen-bond donors (Lipinski definition) is 1. The number of nitrogens with one attached hydrogen (secondary N) is 1. The van der Waals surface area contributed by atoms with Crippen molar-refractivity contribution in [3.63, 3.8) is 0 Å². The van der Waals surface area contributed by atoms with Crippen molar-refractivity contribution in [3.05, 3.63) is 84.1 Å². The van der Waals surface area contributed by atoms with Crippen molar-refractivity contribution >= 4 is 5.91 Å². The minimum atomic E-state index is -0.300. The van der Waals surface area contributed by atoms with Crippen molar-refractivity contribution in [2.45, 2.75) is 44.7 Å². The van der Waals surface area contributed by atoms with Crippen molar-refractivity contribution in [2.24, 2.45) is 0 Å². The molecule has 2 aromatic heterocycles. The summed E-state index contributed by atoms with van der Waals surface area (Å²) >= 11 is 0. The molecule has 0 spiro atoms. The zero-order valence-corrected chi connectivity index (χ0v) is 19.7. The summed E-state index contributed by atoms with van der Waals surface area (Å²) in [6, 6.07) is 17.7. The second-order valence-electron chi connectivity index (χ2n) is 8.85. The Morgan fingerprint density at radius 1 is 1.11 bits per heavy atom. The Labute approximate surface area is 203 Å². The first-order valence-corrected chi connectivity index (χ1v) is 12.0. The molecule has 180 valence electrons. The van der Waals surface area contributed by atoms with Crippen LogP contribution in [0.1, 0.15) is 54.3 Å². The first-order chi connectivity index (χ1) is 17.1. The number of halogens is 1. The number of amides is 1. The molecule has 0 atom stereocenters. The van der Waals surface area contributed by atoms with Crippen molar-refractivity contribution in [1.82, 2.24) is 14.9 Å². The molecule has 1 amide bonds. The van der Waals surface area contributed by atoms with Gasteiger partial charge < -0.3 is 19.0 Å². The number of methoxy groups -OCH3 is 1. The summed E-state index contributed by atoms with van der Waals surface area (Å²) in [6.07, 6.45) is 7.56. The van der Waals surface area contributed by atoms with Crippen LogP contribution in [0.5, 0.6) is 5.75 Å². The van der Waals surface area contributed by atoms with Gasteiger partial charge in [0.25, 0.3) is 5.91 Å². The van der Waals surface area contributed by atoms with Crippen LogP contribution in [0.3, 0.4) is 0 Å². The molecular weight excluding hydrogens is 445 g/mol. The molecule has 5 rings (SSSR count). The van der Waals surface area contributed by atoms with Crippen LogP contribution in [0.2, 0.25) is 0 Å². The van der Waals surface area contributed by atoms with E-state index >= 15 is 0 Å². The first kappa shape index (κ1) is 22.9. The third kappa shape index (κ3) is 4.99. The Kier molecular flexibility index (Phi) is 6.66. The molecule has 0 aliphatic heterocycles. The normalized spacial score (nSPS) is 14.1. The highest BCUT2D eigenvalue weighted by molar-refractivity contribution is 5.92. The molecule has 0 saturated heterocycles. The highest BCUT2D eigenvalue weighted by Crippen LogP contribution is 2.38. The van der Waals surface area contributed by atoms with Crippen molar-refractivity contribution in [2.75, 3.05) is 7.11 Å². The molecular formula is C28H28FN3O3. The van der Waals surface area contributed by atoms with Crippen LogP contribution in [0.4, 0.5) is 4.39 Å². The smallest absolute Gasteiger partial charge is 0.287 e. The lowest BCUT2D eigenvalue weighted by Gasteiger charge is -2.24. The first-order valence-electron chi connectivity index (χ1n) is 12.0. The van der Waals surface area contributed by atoms with E-state index in [0.29, 0.717) is 24.0 Å². The van der Waals surface area contributed by atoms with Crippen LogP contribution in [-0.2, 0) is 6.54 Å². The third-order valence-electron chi connectivity index (χ3n) is 6.53. The quantitative estimate of drug-likeness (QED) is 0.338. The molecule has 6 nitrogen and oxygen atoms in total. The number of benzene rings is 2. The fraction of sp³-hybridized carbons (Fsp3) is 0.286. The number of hydrogen-bond acceptors (Lipinski definition) is 4. The summed E-state index contributed by atoms with van der Waals surface area (Å²) in [5.41, 5.74) is 3.26. The Morgan fingerprint density at radius 2 is 1.91 bits per heavy atom. The number of carbonyl (C=O) groups is 1. The fourth-order valence-electron chi connectivity index (χ4n) is 4.70. The summed E-state index contributed by atoms with van der Waals surface area (Å²) in [5.74, 6) is 0.936. The summed E-state index contributed by atoms with van der Waals surface area (Å²) in [4.78, 5) is 17.5. The lowest BCUT2D eigenvalue weighted by molar-refractivity contribution is 0.0924. The van der Waals surface area contributed by atoms with Crippen LogP contribution in [-0.4, -0.2) is 22.6 Å². The van der Waals surface area contributed by atoms with E-state index in [9.17, 15) is 9.18 Å². The van der Waals surface area contributed by atoms with Crippen molar-refractivity contribution in [3.8, 4) is 28.5 Å². The van der Waals surface area contributed by atoms with E-state index in [-0.39, 0.29) is 17.5 Å². The number of imidazole rings is 1. The third-order valence-corrected chi connectivity index (χ3v) is 6.53. The maximum absolute atomic E-state index is 13.6. The van der Waals surface area contributed by atoms with E-state index in [1.165, 1.54) is 31.4 Å². The van der Waals surface area contributed by atoms with Gasteiger partial charge in [-0.25, -0.2) is 9.37 Å². The zero-order chi connectivity index (χ0) is 24.2. The van der Waals surface area contributed by atoms with Crippen molar-refractivity contribution < 1.29 is 18.3 Å². The van der Waals surface area contributed by atoms with Gasteiger partial charge in [0.05, 0.1) is 19.1 Å². The maximum atomic E-state index is 13.6. The summed E-state index contributed by atoms with van der Waals surface area (Å²) in [5, 5.41) is 2.90. The van der Waals surface area contributed by atoms with Gasteiger partial charge >= 0.3 is 0 Å². The van der Waals surface area contributed by atoms with Gasteiger partial charge in [0.1, 0.15) is 17.3 Å². The zero-order valence-electron chi connectivity index (χ0n) is 19.7. The van der Waals surface area contributed by atoms with Gasteiger partial charge in [0.15, 0.2) is 11.5 Å². The summed E-state index contributed by atoms with van der Waals surface area (Å²) < 4.78 is 27.0. The molecule has 2 heterocycles. The Morgan fingerprint density at radius 3 is 2.69 bits per heavy atom. The van der Waals surface area contributed by atoms with Gasteiger partial charge in [0, 0.05) is 18.2 Å². The maximum Gasteiger partial charge on any atom is 0.287 e. The van der Waals surface area contributed by atoms with E-state index in [0.717, 1.165) is 35.4 Å². The molecule has 7 heteroatoms. The lowest BCUT2D eigenvalue weighted by atomic mass is 9.95. The van der Waals surface area contributed by atoms with Crippen LogP contribution in [0.15, 0.2) is 71.4 Å². The molecule has 0 unspecified atom stereocenters. The number of nitrogens with zero attached hydrogens (tertiary/aromatic N) is 2. The molecule has 1 fully saturated rings. The van der Waals surface area contributed by atoms with Gasteiger partial charge in [-0.1, -0.05) is 31.4 Å². The standard InChI is InChI=1S/C28H28FN3O3/c1-34-23-9-5-6-19(16-23)17-30-28(33)25-15-14-24(35-25)27-26(20-10-12-21(29)13-11-20)31-18-32(27)22-7-3-2-4-8-22/h5-6,9-16,18,22H,2-4,7-8,17H2,1H3,(H,30,33). The van der Waals surface area contributed by atoms with Gasteiger partial charge in [0.2, 0.25) is 0 Å². The molecule has 4 aromatic rings. The van der Waals surface area contributed by atoms with Gasteiger partial charge in [-0.3, -0.25) is 4.79 Å². The molecule has 0 bridgehead atoms. The van der Waals surface area contributed by atoms with Gasteiger partial charge in [-0.05, 0) is 66.9 Å². The van der Waals surface area contributed by atoms with E-state index in [1.807, 2.05) is 36.7 Å². The Hall–Kier alpha value is -3.87. The predicted octanol–water partition coefficient (Wildman–Crippen LogP) is 6.39. The van der Waals surface area contributed by atoms with Crippen LogP contribution in [0.25, 0.3) is 22.7 Å². The molecule has 1 N–H and O–H groups in total. The Bertz CT molecular complexity index is 1300. The summed E-state index contributed by atoms with van der Waals surface area (Å²) in [6.45, 7) is 0.354. The molecule has 1 aliphatic carbocycles. The van der Waals surface area contributed by atoms with Crippen LogP contribution >= 0.6 is 0 Å². The highest BCUT2D eigenvalue weighted by atomic mass is 19.1. The Balaban J connectivity index is 1.43. The minimum Gasteiger partial charge on any atom is -0.497 e. The highest BCUT2D eigenvalue weighted by Gasteiger charge is 2.25. The molecule has 1 aliphatic rings. The number of furan rings is 1. The second kappa shape index (κ2) is 10.2. The minimum absolute atomic E-state index is 0.226. The number of ether oxygens (including phenoxy) is 1. The van der Waals surface area contributed by atoms with Crippen LogP contribution in [0, 0.1) is 5.82 Å². The van der Waals surface area contributed by atoms with Gasteiger partial charge in [-0.2, -0.15) is 0 Å². The van der Waals surface area contributed by atoms with E-state index in [4.69, 9.17) is 9.15 Å². The van der Waals surface area contributed by atoms with E-state index < -0.39 is 0 Å². The molecule has 2 aromatic carbocycles. The SMILES string of the molecule is COc1cccc(CNC(=O)c2ccc(-c3c(-c4ccc(F)cc4)ncn3C3CCCCC3)o2)c1. The molecule has 35 heavy (non-hydrogen) atoms. The number of carbonyl (C=O) groups excluding carboxylic acids is 1. The average Bonchev–Trinajstić information content (AvgIpc) is 3.56. The summed E-state index contributed by atoms with van der Waals surface area (Å²) in [7, 11) is 1.61. The number of aromatic nitrogens is 2. The second-order valence-corrected chi connectivity index (χ2v) is 8.85. The topological polar surface area (TPSA) is 69.3 Å². The fourth-order valence-corrected chi connectivity index (χ4v) is 4.70. The van der Waals surface area contributed by atoms with Crippen molar-refractivity contribution in [1.29, 1.82) is 0 Å². The van der Waals surface area contributed by atoms with Crippen LogP contribution < -0.4 is 10.1 Å².